The molecule has 1 aliphatic rings. The number of methoxy groups -OCH3 is 2. The Morgan fingerprint density at radius 3 is 1.59 bits per heavy atom. The van der Waals surface area contributed by atoms with E-state index in [0.29, 0.717) is 68.1 Å². The molecule has 70 heavy (non-hydrogen) atoms. The first-order valence-corrected chi connectivity index (χ1v) is 23.5. The maximum absolute atomic E-state index is 13.1. The molecule has 14 nitrogen and oxygen atoms in total. The molecule has 1 fully saturated rings. The van der Waals surface area contributed by atoms with Gasteiger partial charge in [0.05, 0.1) is 69.3 Å². The molecule has 0 amide bonds. The molecule has 0 unspecified atom stereocenters. The summed E-state index contributed by atoms with van der Waals surface area (Å²) in [4.78, 5) is 40.8. The molecule has 6 aromatic carbocycles. The third kappa shape index (κ3) is 10.0. The van der Waals surface area contributed by atoms with Gasteiger partial charge in [-0.25, -0.2) is 9.97 Å². The number of rotatable bonds is 19. The summed E-state index contributed by atoms with van der Waals surface area (Å²) in [5.41, 5.74) is 7.29. The number of imidazole rings is 2. The van der Waals surface area contributed by atoms with Crippen molar-refractivity contribution in [2.75, 3.05) is 92.0 Å². The normalized spacial score (nSPS) is 13.2. The molecule has 1 saturated heterocycles. The second-order valence-corrected chi connectivity index (χ2v) is 17.2. The van der Waals surface area contributed by atoms with Crippen molar-refractivity contribution in [3.63, 3.8) is 0 Å². The Bertz CT molecular complexity index is 3010. The maximum Gasteiger partial charge on any atom is 0.229 e. The summed E-state index contributed by atoms with van der Waals surface area (Å²) in [5.74, 6) is 2.89. The fourth-order valence-corrected chi connectivity index (χ4v) is 9.14. The smallest absolute Gasteiger partial charge is 0.229 e. The van der Waals surface area contributed by atoms with Gasteiger partial charge in [-0.15, -0.1) is 0 Å². The van der Waals surface area contributed by atoms with E-state index in [2.05, 4.69) is 41.1 Å². The Hall–Kier alpha value is -7.36. The zero-order valence-corrected chi connectivity index (χ0v) is 40.3. The minimum absolute atomic E-state index is 0.140. The van der Waals surface area contributed by atoms with E-state index in [9.17, 15) is 9.59 Å². The van der Waals surface area contributed by atoms with Gasteiger partial charge in [-0.05, 0) is 109 Å². The largest absolute Gasteiger partial charge is 0.497 e. The van der Waals surface area contributed by atoms with Crippen LogP contribution in [0.15, 0.2) is 140 Å². The first kappa shape index (κ1) is 47.7. The molecular weight excluding hydrogens is 885 g/mol. The highest BCUT2D eigenvalue weighted by Crippen LogP contribution is 2.42. The van der Waals surface area contributed by atoms with Crippen LogP contribution in [0.5, 0.6) is 17.2 Å². The van der Waals surface area contributed by atoms with E-state index in [4.69, 9.17) is 38.4 Å². The Kier molecular flexibility index (Phi) is 14.7. The zero-order chi connectivity index (χ0) is 48.6. The average molecular weight is 943 g/mol. The molecule has 0 radical (unpaired) electrons. The summed E-state index contributed by atoms with van der Waals surface area (Å²) < 4.78 is 38.9. The highest BCUT2D eigenvalue weighted by molar-refractivity contribution is 5.98. The van der Waals surface area contributed by atoms with E-state index >= 15 is 0 Å². The van der Waals surface area contributed by atoms with Gasteiger partial charge in [-0.3, -0.25) is 18.7 Å². The number of anilines is 1. The van der Waals surface area contributed by atoms with Crippen molar-refractivity contribution in [3.05, 3.63) is 156 Å². The second-order valence-electron chi connectivity index (χ2n) is 17.2. The molecule has 0 N–H and O–H groups in total. The fourth-order valence-electron chi connectivity index (χ4n) is 9.14. The van der Waals surface area contributed by atoms with Gasteiger partial charge in [0, 0.05) is 56.8 Å². The topological polar surface area (TPSA) is 132 Å². The van der Waals surface area contributed by atoms with Gasteiger partial charge in [-0.1, -0.05) is 54.6 Å². The molecule has 360 valence electrons. The van der Waals surface area contributed by atoms with E-state index in [-0.39, 0.29) is 11.8 Å². The maximum atomic E-state index is 13.1. The van der Waals surface area contributed by atoms with Crippen LogP contribution < -0.4 is 19.1 Å². The molecule has 3 heterocycles. The van der Waals surface area contributed by atoms with E-state index in [1.54, 1.807) is 30.3 Å². The highest BCUT2D eigenvalue weighted by atomic mass is 16.6. The first-order chi connectivity index (χ1) is 34.2. The Morgan fingerprint density at radius 1 is 0.529 bits per heavy atom. The molecule has 0 saturated carbocycles. The number of carbonyl (C=O) groups excluding carboxylic acids is 2. The Labute approximate surface area is 407 Å². The molecule has 0 spiro atoms. The van der Waals surface area contributed by atoms with Gasteiger partial charge in [0.15, 0.2) is 0 Å². The molecule has 2 aromatic heterocycles. The van der Waals surface area contributed by atoms with Crippen LogP contribution in [0, 0.1) is 0 Å². The van der Waals surface area contributed by atoms with Crippen molar-refractivity contribution in [1.82, 2.24) is 24.0 Å². The van der Waals surface area contributed by atoms with Crippen LogP contribution in [0.2, 0.25) is 0 Å². The van der Waals surface area contributed by atoms with Gasteiger partial charge in [0.1, 0.15) is 41.1 Å². The lowest BCUT2D eigenvalue weighted by atomic mass is 9.80. The number of carbonyl (C=O) groups is 2. The van der Waals surface area contributed by atoms with E-state index in [1.807, 2.05) is 115 Å². The van der Waals surface area contributed by atoms with Crippen LogP contribution in [0.3, 0.4) is 0 Å². The predicted octanol–water partition coefficient (Wildman–Crippen LogP) is 9.23. The molecule has 1 aliphatic heterocycles. The fraction of sp³-hybridized carbons (Fsp3) is 0.286. The first-order valence-electron chi connectivity index (χ1n) is 23.5. The van der Waals surface area contributed by atoms with Crippen LogP contribution in [0.4, 0.5) is 5.69 Å². The molecule has 0 atom stereocenters. The number of ether oxygens (including phenoxy) is 6. The van der Waals surface area contributed by atoms with Crippen molar-refractivity contribution in [1.29, 1.82) is 0 Å². The van der Waals surface area contributed by atoms with Crippen LogP contribution in [0.25, 0.3) is 44.8 Å². The number of hydrogen-bond acceptors (Lipinski definition) is 12. The second kappa shape index (κ2) is 21.5. The van der Waals surface area contributed by atoms with Crippen LogP contribution >= 0.6 is 0 Å². The van der Waals surface area contributed by atoms with Gasteiger partial charge in [0.2, 0.25) is 11.8 Å². The van der Waals surface area contributed by atoms with Gasteiger partial charge in [0.25, 0.3) is 0 Å². The lowest BCUT2D eigenvalue weighted by Gasteiger charge is -2.36. The number of nitrogens with zero attached hydrogens (tertiary/aromatic N) is 6. The molecule has 14 heteroatoms. The highest BCUT2D eigenvalue weighted by Gasteiger charge is 2.38. The third-order valence-electron chi connectivity index (χ3n) is 12.7. The number of piperazine rings is 1. The summed E-state index contributed by atoms with van der Waals surface area (Å²) in [6.07, 6.45) is 0. The van der Waals surface area contributed by atoms with Crippen LogP contribution in [-0.4, -0.2) is 123 Å². The Morgan fingerprint density at radius 2 is 1.01 bits per heavy atom. The van der Waals surface area contributed by atoms with E-state index in [0.717, 1.165) is 82.2 Å². The van der Waals surface area contributed by atoms with E-state index in [1.165, 1.54) is 6.92 Å². The minimum Gasteiger partial charge on any atom is -0.497 e. The third-order valence-corrected chi connectivity index (χ3v) is 12.7. The van der Waals surface area contributed by atoms with Crippen molar-refractivity contribution in [3.8, 4) is 40.0 Å². The van der Waals surface area contributed by atoms with Gasteiger partial charge >= 0.3 is 0 Å². The SMILES string of the molecule is COc1ccc(C(OCCOCCOCCOc2ccc(-c3nc4cc(-c5nc6cc(N7CCN(C)CC7)ccc6n5C(C)=O)ccc4n3C(C)=O)cc2)(c2ccccc2)c2ccc(OC)cc2)cc1. The van der Waals surface area contributed by atoms with Crippen LogP contribution in [-0.2, 0) is 19.8 Å². The van der Waals surface area contributed by atoms with E-state index < -0.39 is 5.60 Å². The molecule has 0 aliphatic carbocycles. The summed E-state index contributed by atoms with van der Waals surface area (Å²) in [5, 5.41) is 0. The van der Waals surface area contributed by atoms with Crippen LogP contribution in [0.1, 0.15) is 40.1 Å². The van der Waals surface area contributed by atoms with Crippen molar-refractivity contribution < 1.29 is 38.0 Å². The van der Waals surface area contributed by atoms with Gasteiger partial charge in [-0.2, -0.15) is 0 Å². The molecule has 0 bridgehead atoms. The number of fused-ring (bicyclic) bond motifs is 2. The van der Waals surface area contributed by atoms with Crippen molar-refractivity contribution >= 4 is 39.6 Å². The monoisotopic (exact) mass is 942 g/mol. The summed E-state index contributed by atoms with van der Waals surface area (Å²) in [6, 6.07) is 45.3. The number of benzene rings is 6. The zero-order valence-electron chi connectivity index (χ0n) is 40.3. The minimum atomic E-state index is -0.919. The summed E-state index contributed by atoms with van der Waals surface area (Å²) >= 11 is 0. The van der Waals surface area contributed by atoms with Crippen molar-refractivity contribution in [2.24, 2.45) is 0 Å². The van der Waals surface area contributed by atoms with Crippen molar-refractivity contribution in [2.45, 2.75) is 19.4 Å². The lowest BCUT2D eigenvalue weighted by Crippen LogP contribution is -2.44. The molecule has 9 rings (SSSR count). The summed E-state index contributed by atoms with van der Waals surface area (Å²) in [6.45, 7) is 9.04. The average Bonchev–Trinajstić information content (AvgIpc) is 3.98. The molecular formula is C56H58N6O8. The quantitative estimate of drug-likeness (QED) is 0.0566. The number of aromatic nitrogens is 4. The lowest BCUT2D eigenvalue weighted by molar-refractivity contribution is -0.0345. The molecule has 8 aromatic rings. The van der Waals surface area contributed by atoms with Gasteiger partial charge < -0.3 is 38.2 Å². The standard InChI is InChI=1S/C56H58N6O8/c1-39(63)61-52-25-13-42(55-58-51-38-46(60-29-27-59(3)28-30-60)18-26-53(51)62(55)40(2)64)37-50(52)57-54(61)41-11-19-49(20-12-41)69-35-33-67-31-32-68-34-36-70-56(43-9-7-6-8-10-43,44-14-21-47(65-4)22-15-44)45-16-23-48(66-5)24-17-45/h6-26,37-38H,27-36H2,1-5H3. The number of hydrogen-bond donors (Lipinski definition) is 0. The predicted molar refractivity (Wildman–Crippen MR) is 272 cm³/mol. The number of likely N-dealkylation sites (N-methyl/N-ethyl adjacent to an activating group) is 1. The summed E-state index contributed by atoms with van der Waals surface area (Å²) in [7, 11) is 5.44. The Balaban J connectivity index is 0.795.